The van der Waals surface area contributed by atoms with E-state index in [0.29, 0.717) is 9.19 Å². The highest BCUT2D eigenvalue weighted by atomic mass is 31.3. The van der Waals surface area contributed by atoms with Gasteiger partial charge in [0.15, 0.2) is 0 Å². The quantitative estimate of drug-likeness (QED) is 0.145. The van der Waals surface area contributed by atoms with Gasteiger partial charge in [0.25, 0.3) is 0 Å². The molecule has 0 saturated carbocycles. The molecule has 3 heterocycles. The van der Waals surface area contributed by atoms with Crippen LogP contribution in [0.2, 0.25) is 0 Å². The summed E-state index contributed by atoms with van der Waals surface area (Å²) in [4.78, 5) is 2.42. The summed E-state index contributed by atoms with van der Waals surface area (Å²) in [5.41, 5.74) is 12.0. The molecule has 9 aromatic rings. The molecule has 43 heavy (non-hydrogen) atoms. The Morgan fingerprint density at radius 2 is 1.05 bits per heavy atom. The Balaban J connectivity index is 1.37. The molecule has 3 aromatic heterocycles. The lowest BCUT2D eigenvalue weighted by Crippen LogP contribution is -2.13. The van der Waals surface area contributed by atoms with E-state index < -0.39 is 0 Å². The smallest absolute Gasteiger partial charge is 0.131 e. The second-order valence-electron chi connectivity index (χ2n) is 11.0. The predicted molar refractivity (Wildman–Crippen MR) is 187 cm³/mol. The summed E-state index contributed by atoms with van der Waals surface area (Å²) < 4.78 is 4.94. The number of hydrogen-bond donors (Lipinski definition) is 0. The number of imidazole rings is 1. The molecule has 3 nitrogen and oxygen atoms in total. The summed E-state index contributed by atoms with van der Waals surface area (Å²) in [5.74, 6) is 0. The van der Waals surface area contributed by atoms with E-state index in [2.05, 4.69) is 168 Å². The van der Waals surface area contributed by atoms with Crippen LogP contribution in [0.15, 0.2) is 146 Å². The first-order valence-electron chi connectivity index (χ1n) is 14.5. The minimum absolute atomic E-state index is 0.683. The average Bonchev–Trinajstić information content (AvgIpc) is 3.71. The van der Waals surface area contributed by atoms with Crippen LogP contribution in [0.3, 0.4) is 0 Å². The summed E-state index contributed by atoms with van der Waals surface area (Å²) >= 11 is 0. The molecule has 0 aliphatic rings. The minimum Gasteiger partial charge on any atom is -0.308 e. The fraction of sp³-hybridized carbons (Fsp3) is 0. The highest BCUT2D eigenvalue weighted by molar-refractivity contribution is 7.58. The number of anilines is 3. The summed E-state index contributed by atoms with van der Waals surface area (Å²) in [6, 6.07) is 52.9. The van der Waals surface area contributed by atoms with Crippen LogP contribution in [0.4, 0.5) is 17.1 Å². The SMILES string of the molecule is P[Si]c1ccc(N(c2ccc(-c3ccccc3)cc2)c2cccc3c2n2c4ccccc4c4c5ccccc5n3c42)cc1. The third kappa shape index (κ3) is 3.57. The van der Waals surface area contributed by atoms with Crippen molar-refractivity contribution >= 4 is 84.1 Å². The average molecular weight is 584 g/mol. The summed E-state index contributed by atoms with van der Waals surface area (Å²) in [5, 5.41) is 5.23. The Labute approximate surface area is 253 Å². The number of aromatic nitrogens is 2. The number of fused-ring (bicyclic) bond motifs is 9. The van der Waals surface area contributed by atoms with E-state index in [0.717, 1.165) is 17.1 Å². The van der Waals surface area contributed by atoms with Crippen molar-refractivity contribution in [2.45, 2.75) is 0 Å². The Hall–Kier alpha value is -4.89. The number of hydrogen-bond acceptors (Lipinski definition) is 1. The summed E-state index contributed by atoms with van der Waals surface area (Å²) in [6.45, 7) is 0. The van der Waals surface area contributed by atoms with Gasteiger partial charge >= 0.3 is 0 Å². The highest BCUT2D eigenvalue weighted by Crippen LogP contribution is 2.45. The molecule has 5 heteroatoms. The second kappa shape index (κ2) is 9.57. The van der Waals surface area contributed by atoms with Gasteiger partial charge in [-0.3, -0.25) is 8.80 Å². The maximum Gasteiger partial charge on any atom is 0.131 e. The van der Waals surface area contributed by atoms with Crippen LogP contribution in [0.5, 0.6) is 0 Å². The largest absolute Gasteiger partial charge is 0.308 e. The molecule has 9 rings (SSSR count). The molecule has 202 valence electrons. The van der Waals surface area contributed by atoms with Crippen LogP contribution in [0, 0.1) is 0 Å². The molecular weight excluding hydrogens is 557 g/mol. The Bertz CT molecular complexity index is 2420. The van der Waals surface area contributed by atoms with Crippen molar-refractivity contribution in [3.8, 4) is 11.1 Å². The Kier molecular flexibility index (Phi) is 5.49. The van der Waals surface area contributed by atoms with E-state index in [4.69, 9.17) is 0 Å². The fourth-order valence-electron chi connectivity index (χ4n) is 6.85. The van der Waals surface area contributed by atoms with Crippen molar-refractivity contribution < 1.29 is 0 Å². The van der Waals surface area contributed by atoms with Gasteiger partial charge in [-0.2, -0.15) is 0 Å². The molecule has 0 spiro atoms. The normalized spacial score (nSPS) is 11.9. The van der Waals surface area contributed by atoms with Crippen LogP contribution in [-0.4, -0.2) is 18.0 Å². The van der Waals surface area contributed by atoms with Gasteiger partial charge < -0.3 is 4.90 Å². The maximum atomic E-state index is 2.87. The monoisotopic (exact) mass is 583 g/mol. The van der Waals surface area contributed by atoms with E-state index in [1.165, 1.54) is 60.2 Å². The molecule has 0 fully saturated rings. The van der Waals surface area contributed by atoms with Crippen LogP contribution in [0.25, 0.3) is 55.0 Å². The number of nitrogens with zero attached hydrogens (tertiary/aromatic N) is 3. The van der Waals surface area contributed by atoms with Crippen molar-refractivity contribution in [3.05, 3.63) is 146 Å². The maximum absolute atomic E-state index is 2.87. The number of rotatable bonds is 5. The van der Waals surface area contributed by atoms with Crippen molar-refractivity contribution in [2.24, 2.45) is 0 Å². The second-order valence-corrected chi connectivity index (χ2v) is 12.7. The van der Waals surface area contributed by atoms with Gasteiger partial charge in [0.05, 0.1) is 27.8 Å². The molecule has 2 radical (unpaired) electrons. The van der Waals surface area contributed by atoms with Gasteiger partial charge in [-0.15, -0.1) is 8.79 Å². The van der Waals surface area contributed by atoms with Gasteiger partial charge in [-0.05, 0) is 59.7 Å². The Morgan fingerprint density at radius 3 is 1.72 bits per heavy atom. The van der Waals surface area contributed by atoms with Crippen LogP contribution in [0.1, 0.15) is 0 Å². The molecule has 0 saturated heterocycles. The third-order valence-corrected chi connectivity index (χ3v) is 10.4. The zero-order chi connectivity index (χ0) is 28.5. The van der Waals surface area contributed by atoms with E-state index in [-0.39, 0.29) is 0 Å². The van der Waals surface area contributed by atoms with Crippen molar-refractivity contribution in [3.63, 3.8) is 0 Å². The van der Waals surface area contributed by atoms with E-state index in [1.807, 2.05) is 0 Å². The van der Waals surface area contributed by atoms with Gasteiger partial charge in [-0.25, -0.2) is 0 Å². The zero-order valence-electron chi connectivity index (χ0n) is 23.3. The zero-order valence-corrected chi connectivity index (χ0v) is 25.4. The van der Waals surface area contributed by atoms with E-state index in [1.54, 1.807) is 0 Å². The molecular formula is C38H26N3PSi. The van der Waals surface area contributed by atoms with Crippen LogP contribution >= 0.6 is 8.79 Å². The summed E-state index contributed by atoms with van der Waals surface area (Å²) in [6.07, 6.45) is 0. The fourth-order valence-corrected chi connectivity index (χ4v) is 7.78. The van der Waals surface area contributed by atoms with Gasteiger partial charge in [0, 0.05) is 27.5 Å². The molecule has 0 bridgehead atoms. The highest BCUT2D eigenvalue weighted by Gasteiger charge is 2.26. The molecule has 0 N–H and O–H groups in total. The van der Waals surface area contributed by atoms with Crippen LogP contribution < -0.4 is 10.1 Å². The standard InChI is InChI=1S/C38H26N3PSi/c42-43-29-23-21-28(22-24-29)39(27-19-17-26(18-20-27)25-9-2-1-3-10-25)34-15-8-16-35-37(34)41-33-14-7-5-12-31(33)36-30-11-4-6-13-32(30)40(35)38(36)41/h1-24H,42H2. The molecule has 0 amide bonds. The molecule has 0 aliphatic heterocycles. The van der Waals surface area contributed by atoms with Crippen LogP contribution in [-0.2, 0) is 0 Å². The van der Waals surface area contributed by atoms with E-state index in [9.17, 15) is 0 Å². The number of benzene rings is 6. The molecule has 6 aromatic carbocycles. The third-order valence-electron chi connectivity index (χ3n) is 8.70. The van der Waals surface area contributed by atoms with Gasteiger partial charge in [0.1, 0.15) is 14.8 Å². The molecule has 0 aliphatic carbocycles. The van der Waals surface area contributed by atoms with Crippen molar-refractivity contribution in [1.29, 1.82) is 0 Å². The van der Waals surface area contributed by atoms with Crippen molar-refractivity contribution in [2.75, 3.05) is 4.90 Å². The molecule has 1 unspecified atom stereocenters. The van der Waals surface area contributed by atoms with E-state index >= 15 is 0 Å². The molecule has 1 atom stereocenters. The first kappa shape index (κ1) is 24.7. The lowest BCUT2D eigenvalue weighted by molar-refractivity contribution is 1.26. The minimum atomic E-state index is 0.683. The Morgan fingerprint density at radius 1 is 0.488 bits per heavy atom. The lowest BCUT2D eigenvalue weighted by atomic mass is 10.0. The first-order chi connectivity index (χ1) is 21.3. The summed E-state index contributed by atoms with van der Waals surface area (Å²) in [7, 11) is 3.55. The topological polar surface area (TPSA) is 12.1 Å². The van der Waals surface area contributed by atoms with Gasteiger partial charge in [-0.1, -0.05) is 102 Å². The predicted octanol–water partition coefficient (Wildman–Crippen LogP) is 9.35. The lowest BCUT2D eigenvalue weighted by Gasteiger charge is -2.26. The first-order valence-corrected chi connectivity index (χ1v) is 17.3. The van der Waals surface area contributed by atoms with Crippen molar-refractivity contribution in [1.82, 2.24) is 8.80 Å². The number of para-hydroxylation sites is 3. The van der Waals surface area contributed by atoms with Gasteiger partial charge in [0.2, 0.25) is 0 Å².